The van der Waals surface area contributed by atoms with Crippen molar-refractivity contribution in [3.05, 3.63) is 46.5 Å². The number of hydrogen-bond donors (Lipinski definition) is 1. The molecule has 2 aromatic carbocycles. The van der Waals surface area contributed by atoms with Crippen molar-refractivity contribution in [2.75, 3.05) is 26.6 Å². The molecule has 140 valence electrons. The van der Waals surface area contributed by atoms with Crippen LogP contribution < -0.4 is 19.5 Å². The van der Waals surface area contributed by atoms with Crippen LogP contribution in [0.1, 0.15) is 36.7 Å². The van der Waals surface area contributed by atoms with Crippen molar-refractivity contribution >= 4 is 23.2 Å². The highest BCUT2D eigenvalue weighted by molar-refractivity contribution is 6.32. The lowest BCUT2D eigenvalue weighted by Gasteiger charge is -2.21. The smallest absolute Gasteiger partial charge is 0.255 e. The Bertz CT molecular complexity index is 812. The van der Waals surface area contributed by atoms with Crippen LogP contribution in [0.25, 0.3) is 0 Å². The predicted molar refractivity (Wildman–Crippen MR) is 104 cm³/mol. The summed E-state index contributed by atoms with van der Waals surface area (Å²) < 4.78 is 15.8. The summed E-state index contributed by atoms with van der Waals surface area (Å²) in [4.78, 5) is 12.7. The summed E-state index contributed by atoms with van der Waals surface area (Å²) in [6.07, 6.45) is 0. The van der Waals surface area contributed by atoms with Gasteiger partial charge in [0.15, 0.2) is 11.5 Å². The highest BCUT2D eigenvalue weighted by atomic mass is 35.5. The molecule has 0 aliphatic heterocycles. The minimum Gasteiger partial charge on any atom is -0.495 e. The third kappa shape index (κ3) is 4.22. The van der Waals surface area contributed by atoms with Crippen molar-refractivity contribution in [1.82, 2.24) is 0 Å². The minimum absolute atomic E-state index is 0.0572. The number of hydrogen-bond acceptors (Lipinski definition) is 4. The van der Waals surface area contributed by atoms with E-state index >= 15 is 0 Å². The van der Waals surface area contributed by atoms with Gasteiger partial charge < -0.3 is 19.5 Å². The molecule has 0 saturated carbocycles. The van der Waals surface area contributed by atoms with Gasteiger partial charge in [-0.05, 0) is 35.2 Å². The van der Waals surface area contributed by atoms with Crippen LogP contribution in [-0.2, 0) is 5.41 Å². The first-order chi connectivity index (χ1) is 12.2. The van der Waals surface area contributed by atoms with Gasteiger partial charge in [-0.3, -0.25) is 4.79 Å². The van der Waals surface area contributed by atoms with Gasteiger partial charge in [0.05, 0.1) is 32.0 Å². The van der Waals surface area contributed by atoms with Gasteiger partial charge in [-0.15, -0.1) is 0 Å². The number of halogens is 1. The molecule has 0 heterocycles. The molecule has 2 rings (SSSR count). The second-order valence-electron chi connectivity index (χ2n) is 6.81. The number of amides is 1. The fourth-order valence-corrected chi connectivity index (χ4v) is 2.80. The standard InChI is InChI=1S/C20H24ClNO4/c1-20(2,3)13-7-8-16(24-4)15(11-13)22-19(23)12-9-14(21)18(26-6)17(10-12)25-5/h7-11H,1-6H3,(H,22,23). The van der Waals surface area contributed by atoms with E-state index in [4.69, 9.17) is 25.8 Å². The van der Waals surface area contributed by atoms with E-state index in [9.17, 15) is 4.79 Å². The first-order valence-corrected chi connectivity index (χ1v) is 8.50. The van der Waals surface area contributed by atoms with Gasteiger partial charge in [-0.2, -0.15) is 0 Å². The molecule has 5 nitrogen and oxygen atoms in total. The largest absolute Gasteiger partial charge is 0.495 e. The monoisotopic (exact) mass is 377 g/mol. The minimum atomic E-state index is -0.322. The third-order valence-corrected chi connectivity index (χ3v) is 4.29. The zero-order valence-corrected chi connectivity index (χ0v) is 16.7. The van der Waals surface area contributed by atoms with E-state index < -0.39 is 0 Å². The van der Waals surface area contributed by atoms with Crippen LogP contribution in [0.2, 0.25) is 5.02 Å². The number of ether oxygens (including phenoxy) is 3. The Kier molecular flexibility index (Phi) is 6.03. The Morgan fingerprint density at radius 3 is 2.15 bits per heavy atom. The summed E-state index contributed by atoms with van der Waals surface area (Å²) in [7, 11) is 4.55. The van der Waals surface area contributed by atoms with E-state index in [2.05, 4.69) is 26.1 Å². The Balaban J connectivity index is 2.40. The van der Waals surface area contributed by atoms with Crippen LogP contribution >= 0.6 is 11.6 Å². The van der Waals surface area contributed by atoms with Crippen LogP contribution in [0, 0.1) is 0 Å². The van der Waals surface area contributed by atoms with Crippen molar-refractivity contribution < 1.29 is 19.0 Å². The van der Waals surface area contributed by atoms with Gasteiger partial charge >= 0.3 is 0 Å². The normalized spacial score (nSPS) is 11.0. The SMILES string of the molecule is COc1ccc(C(C)(C)C)cc1NC(=O)c1cc(Cl)c(OC)c(OC)c1. The molecule has 1 amide bonds. The Morgan fingerprint density at radius 2 is 1.62 bits per heavy atom. The van der Waals surface area contributed by atoms with Gasteiger partial charge in [0, 0.05) is 5.56 Å². The van der Waals surface area contributed by atoms with E-state index in [-0.39, 0.29) is 11.3 Å². The zero-order valence-electron chi connectivity index (χ0n) is 15.9. The van der Waals surface area contributed by atoms with E-state index in [1.54, 1.807) is 19.2 Å². The van der Waals surface area contributed by atoms with Gasteiger partial charge in [0.1, 0.15) is 5.75 Å². The molecular formula is C20H24ClNO4. The fourth-order valence-electron chi connectivity index (χ4n) is 2.52. The maximum Gasteiger partial charge on any atom is 0.255 e. The van der Waals surface area contributed by atoms with Gasteiger partial charge in [0.25, 0.3) is 5.91 Å². The van der Waals surface area contributed by atoms with Crippen LogP contribution in [-0.4, -0.2) is 27.2 Å². The molecule has 0 saturated heterocycles. The van der Waals surface area contributed by atoms with Crippen LogP contribution in [0.3, 0.4) is 0 Å². The van der Waals surface area contributed by atoms with Crippen LogP contribution in [0.4, 0.5) is 5.69 Å². The van der Waals surface area contributed by atoms with E-state index in [1.807, 2.05) is 18.2 Å². The number of methoxy groups -OCH3 is 3. The second kappa shape index (κ2) is 7.87. The molecule has 0 spiro atoms. The predicted octanol–water partition coefficient (Wildman–Crippen LogP) is 4.92. The first kappa shape index (κ1) is 19.9. The average molecular weight is 378 g/mol. The highest BCUT2D eigenvalue weighted by Gasteiger charge is 2.19. The van der Waals surface area contributed by atoms with Gasteiger partial charge in [-0.1, -0.05) is 38.4 Å². The highest BCUT2D eigenvalue weighted by Crippen LogP contribution is 2.37. The van der Waals surface area contributed by atoms with E-state index in [1.165, 1.54) is 14.2 Å². The van der Waals surface area contributed by atoms with E-state index in [0.717, 1.165) is 5.56 Å². The summed E-state index contributed by atoms with van der Waals surface area (Å²) in [6, 6.07) is 8.87. The average Bonchev–Trinajstić information content (AvgIpc) is 2.59. The van der Waals surface area contributed by atoms with Gasteiger partial charge in [0.2, 0.25) is 0 Å². The van der Waals surface area contributed by atoms with Crippen molar-refractivity contribution in [2.45, 2.75) is 26.2 Å². The zero-order chi connectivity index (χ0) is 19.5. The maximum atomic E-state index is 12.7. The number of nitrogens with one attached hydrogen (secondary N) is 1. The van der Waals surface area contributed by atoms with Crippen molar-refractivity contribution in [2.24, 2.45) is 0 Å². The molecule has 0 aliphatic rings. The molecule has 1 N–H and O–H groups in total. The van der Waals surface area contributed by atoms with Crippen molar-refractivity contribution in [1.29, 1.82) is 0 Å². The summed E-state index contributed by atoms with van der Waals surface area (Å²) in [6.45, 7) is 6.32. The van der Waals surface area contributed by atoms with E-state index in [0.29, 0.717) is 33.5 Å². The molecule has 0 fully saturated rings. The number of carbonyl (C=O) groups excluding carboxylic acids is 1. The van der Waals surface area contributed by atoms with Crippen LogP contribution in [0.5, 0.6) is 17.2 Å². The van der Waals surface area contributed by atoms with Crippen LogP contribution in [0.15, 0.2) is 30.3 Å². The molecule has 0 bridgehead atoms. The van der Waals surface area contributed by atoms with Crippen molar-refractivity contribution in [3.8, 4) is 17.2 Å². The van der Waals surface area contributed by atoms with Gasteiger partial charge in [-0.25, -0.2) is 0 Å². The number of rotatable bonds is 5. The molecule has 6 heteroatoms. The first-order valence-electron chi connectivity index (χ1n) is 8.12. The number of carbonyl (C=O) groups is 1. The third-order valence-electron chi connectivity index (χ3n) is 4.01. The fraction of sp³-hybridized carbons (Fsp3) is 0.350. The Labute approximate surface area is 159 Å². The number of anilines is 1. The maximum absolute atomic E-state index is 12.7. The summed E-state index contributed by atoms with van der Waals surface area (Å²) in [5.74, 6) is 1.04. The molecular weight excluding hydrogens is 354 g/mol. The molecule has 0 aliphatic carbocycles. The van der Waals surface area contributed by atoms with Crippen molar-refractivity contribution in [3.63, 3.8) is 0 Å². The topological polar surface area (TPSA) is 56.8 Å². The summed E-state index contributed by atoms with van der Waals surface area (Å²) >= 11 is 6.19. The lowest BCUT2D eigenvalue weighted by molar-refractivity contribution is 0.102. The second-order valence-corrected chi connectivity index (χ2v) is 7.22. The summed E-state index contributed by atoms with van der Waals surface area (Å²) in [5.41, 5.74) is 1.98. The Hall–Kier alpha value is -2.40. The molecule has 0 unspecified atom stereocenters. The number of benzene rings is 2. The quantitative estimate of drug-likeness (QED) is 0.803. The molecule has 0 radical (unpaired) electrons. The summed E-state index contributed by atoms with van der Waals surface area (Å²) in [5, 5.41) is 3.19. The molecule has 0 atom stereocenters. The lowest BCUT2D eigenvalue weighted by atomic mass is 9.87. The Morgan fingerprint density at radius 1 is 0.962 bits per heavy atom. The molecule has 26 heavy (non-hydrogen) atoms. The molecule has 2 aromatic rings. The molecule has 0 aromatic heterocycles. The lowest BCUT2D eigenvalue weighted by Crippen LogP contribution is -2.15.